The van der Waals surface area contributed by atoms with E-state index in [1.54, 1.807) is 17.5 Å². The topological polar surface area (TPSA) is 101 Å². The number of nitrogens with zero attached hydrogens (tertiary/aromatic N) is 2. The first-order chi connectivity index (χ1) is 11.5. The number of amides is 1. The van der Waals surface area contributed by atoms with Crippen LogP contribution in [0.3, 0.4) is 0 Å². The molecule has 2 heterocycles. The molecule has 9 heteroatoms. The Labute approximate surface area is 142 Å². The molecule has 0 aliphatic rings. The van der Waals surface area contributed by atoms with Crippen LogP contribution in [0.15, 0.2) is 64.4 Å². The first-order valence-electron chi connectivity index (χ1n) is 6.78. The fourth-order valence-corrected chi connectivity index (χ4v) is 3.44. The van der Waals surface area contributed by atoms with E-state index in [2.05, 4.69) is 20.0 Å². The molecule has 0 saturated heterocycles. The van der Waals surface area contributed by atoms with Crippen LogP contribution in [-0.4, -0.2) is 24.3 Å². The van der Waals surface area contributed by atoms with Gasteiger partial charge in [-0.2, -0.15) is 11.3 Å². The molecule has 0 aliphatic carbocycles. The summed E-state index contributed by atoms with van der Waals surface area (Å²) in [6, 6.07) is 9.13. The normalized spacial score (nSPS) is 11.0. The second kappa shape index (κ2) is 6.77. The molecule has 3 aromatic rings. The predicted octanol–water partition coefficient (Wildman–Crippen LogP) is 2.59. The van der Waals surface area contributed by atoms with Crippen LogP contribution >= 0.6 is 11.3 Å². The SMILES string of the molecule is O=C(Nc1ccc(S(=O)(=O)Nc2ncccn2)cc1)c1ccsc1. The van der Waals surface area contributed by atoms with Gasteiger partial charge in [-0.15, -0.1) is 0 Å². The van der Waals surface area contributed by atoms with Crippen molar-refractivity contribution in [3.05, 3.63) is 65.1 Å². The summed E-state index contributed by atoms with van der Waals surface area (Å²) >= 11 is 1.42. The number of hydrogen-bond donors (Lipinski definition) is 2. The Bertz CT molecular complexity index is 925. The van der Waals surface area contributed by atoms with Crippen LogP contribution < -0.4 is 10.0 Å². The molecular formula is C15H12N4O3S2. The molecule has 0 aliphatic heterocycles. The molecule has 1 amide bonds. The zero-order valence-corrected chi connectivity index (χ0v) is 13.8. The molecule has 0 atom stereocenters. The van der Waals surface area contributed by atoms with E-state index in [9.17, 15) is 13.2 Å². The minimum absolute atomic E-state index is 0.00710. The van der Waals surface area contributed by atoms with Gasteiger partial charge in [-0.1, -0.05) is 0 Å². The lowest BCUT2D eigenvalue weighted by Gasteiger charge is -2.08. The van der Waals surface area contributed by atoms with Crippen LogP contribution in [0.4, 0.5) is 11.6 Å². The highest BCUT2D eigenvalue weighted by atomic mass is 32.2. The van der Waals surface area contributed by atoms with Crippen molar-refractivity contribution in [3.63, 3.8) is 0 Å². The average molecular weight is 360 g/mol. The number of hydrogen-bond acceptors (Lipinski definition) is 6. The van der Waals surface area contributed by atoms with Crippen molar-refractivity contribution < 1.29 is 13.2 Å². The van der Waals surface area contributed by atoms with Crippen molar-refractivity contribution in [1.29, 1.82) is 0 Å². The van der Waals surface area contributed by atoms with Crippen molar-refractivity contribution in [3.8, 4) is 0 Å². The molecule has 3 rings (SSSR count). The summed E-state index contributed by atoms with van der Waals surface area (Å²) in [5.41, 5.74) is 1.06. The molecule has 0 fully saturated rings. The number of thiophene rings is 1. The number of anilines is 2. The van der Waals surface area contributed by atoms with Gasteiger partial charge < -0.3 is 5.32 Å². The lowest BCUT2D eigenvalue weighted by atomic mass is 10.3. The lowest BCUT2D eigenvalue weighted by Crippen LogP contribution is -2.15. The van der Waals surface area contributed by atoms with Gasteiger partial charge in [-0.05, 0) is 41.8 Å². The van der Waals surface area contributed by atoms with Crippen molar-refractivity contribution in [2.24, 2.45) is 0 Å². The maximum atomic E-state index is 12.2. The number of carbonyl (C=O) groups excluding carboxylic acids is 1. The van der Waals surface area contributed by atoms with E-state index in [0.717, 1.165) is 0 Å². The van der Waals surface area contributed by atoms with Gasteiger partial charge in [0, 0.05) is 23.5 Å². The van der Waals surface area contributed by atoms with Crippen molar-refractivity contribution in [1.82, 2.24) is 9.97 Å². The molecule has 2 aromatic heterocycles. The van der Waals surface area contributed by atoms with Crippen LogP contribution in [-0.2, 0) is 10.0 Å². The number of benzene rings is 1. The van der Waals surface area contributed by atoms with Gasteiger partial charge in [0.25, 0.3) is 15.9 Å². The standard InChI is InChI=1S/C15H12N4O3S2/c20-14(11-6-9-23-10-11)18-12-2-4-13(5-3-12)24(21,22)19-15-16-7-1-8-17-15/h1-10H,(H,18,20)(H,16,17,19). The molecule has 0 saturated carbocycles. The van der Waals surface area contributed by atoms with Crippen molar-refractivity contribution in [2.45, 2.75) is 4.90 Å². The van der Waals surface area contributed by atoms with Gasteiger partial charge in [0.15, 0.2) is 0 Å². The fourth-order valence-electron chi connectivity index (χ4n) is 1.85. The number of sulfonamides is 1. The van der Waals surface area contributed by atoms with E-state index < -0.39 is 10.0 Å². The summed E-state index contributed by atoms with van der Waals surface area (Å²) < 4.78 is 26.8. The Hall–Kier alpha value is -2.78. The predicted molar refractivity (Wildman–Crippen MR) is 91.6 cm³/mol. The molecule has 2 N–H and O–H groups in total. The molecule has 0 spiro atoms. The zero-order valence-electron chi connectivity index (χ0n) is 12.2. The quantitative estimate of drug-likeness (QED) is 0.728. The lowest BCUT2D eigenvalue weighted by molar-refractivity contribution is 0.102. The molecule has 122 valence electrons. The monoisotopic (exact) mass is 360 g/mol. The maximum absolute atomic E-state index is 12.2. The van der Waals surface area contributed by atoms with Crippen LogP contribution in [0.25, 0.3) is 0 Å². The van der Waals surface area contributed by atoms with Crippen molar-refractivity contribution >= 4 is 38.9 Å². The summed E-state index contributed by atoms with van der Waals surface area (Å²) in [6.45, 7) is 0. The first-order valence-corrected chi connectivity index (χ1v) is 9.21. The largest absolute Gasteiger partial charge is 0.322 e. The van der Waals surface area contributed by atoms with Crippen LogP contribution in [0.2, 0.25) is 0 Å². The number of rotatable bonds is 5. The minimum atomic E-state index is -3.79. The second-order valence-electron chi connectivity index (χ2n) is 4.67. The molecule has 0 bridgehead atoms. The third-order valence-corrected chi connectivity index (χ3v) is 5.02. The summed E-state index contributed by atoms with van der Waals surface area (Å²) in [6.07, 6.45) is 2.88. The molecule has 0 unspecified atom stereocenters. The smallest absolute Gasteiger partial charge is 0.264 e. The Balaban J connectivity index is 1.73. The summed E-state index contributed by atoms with van der Waals surface area (Å²) in [4.78, 5) is 19.6. The van der Waals surface area contributed by atoms with Gasteiger partial charge >= 0.3 is 0 Å². The Kier molecular flexibility index (Phi) is 4.54. The average Bonchev–Trinajstić information content (AvgIpc) is 3.10. The van der Waals surface area contributed by atoms with Crippen LogP contribution in [0, 0.1) is 0 Å². The Morgan fingerprint density at radius 2 is 1.75 bits per heavy atom. The van der Waals surface area contributed by atoms with E-state index in [1.165, 1.54) is 48.0 Å². The molecule has 1 aromatic carbocycles. The van der Waals surface area contributed by atoms with Gasteiger partial charge in [0.05, 0.1) is 10.5 Å². The molecule has 0 radical (unpaired) electrons. The van der Waals surface area contributed by atoms with Gasteiger partial charge in [-0.3, -0.25) is 4.79 Å². The minimum Gasteiger partial charge on any atom is -0.322 e. The van der Waals surface area contributed by atoms with Gasteiger partial charge in [0.1, 0.15) is 0 Å². The summed E-state index contributed by atoms with van der Waals surface area (Å²) in [5.74, 6) is -0.255. The number of aromatic nitrogens is 2. The summed E-state index contributed by atoms with van der Waals surface area (Å²) in [7, 11) is -3.79. The highest BCUT2D eigenvalue weighted by Crippen LogP contribution is 2.17. The van der Waals surface area contributed by atoms with E-state index in [-0.39, 0.29) is 16.8 Å². The third-order valence-electron chi connectivity index (χ3n) is 3.00. The summed E-state index contributed by atoms with van der Waals surface area (Å²) in [5, 5.41) is 6.24. The van der Waals surface area contributed by atoms with Crippen LogP contribution in [0.5, 0.6) is 0 Å². The van der Waals surface area contributed by atoms with E-state index in [1.807, 2.05) is 5.38 Å². The van der Waals surface area contributed by atoms with Gasteiger partial charge in [-0.25, -0.2) is 23.1 Å². The maximum Gasteiger partial charge on any atom is 0.264 e. The number of nitrogens with one attached hydrogen (secondary N) is 2. The number of carbonyl (C=O) groups is 1. The van der Waals surface area contributed by atoms with E-state index in [0.29, 0.717) is 11.3 Å². The van der Waals surface area contributed by atoms with E-state index >= 15 is 0 Å². The van der Waals surface area contributed by atoms with Crippen molar-refractivity contribution in [2.75, 3.05) is 10.0 Å². The fraction of sp³-hybridized carbons (Fsp3) is 0. The second-order valence-corrected chi connectivity index (χ2v) is 7.13. The highest BCUT2D eigenvalue weighted by molar-refractivity contribution is 7.92. The Morgan fingerprint density at radius 3 is 2.38 bits per heavy atom. The molecule has 7 nitrogen and oxygen atoms in total. The first kappa shape index (κ1) is 16.1. The Morgan fingerprint density at radius 1 is 1.04 bits per heavy atom. The molecule has 24 heavy (non-hydrogen) atoms. The third kappa shape index (κ3) is 3.76. The highest BCUT2D eigenvalue weighted by Gasteiger charge is 2.15. The molecular weight excluding hydrogens is 348 g/mol. The van der Waals surface area contributed by atoms with Gasteiger partial charge in [0.2, 0.25) is 5.95 Å². The zero-order chi connectivity index (χ0) is 17.0. The van der Waals surface area contributed by atoms with E-state index in [4.69, 9.17) is 0 Å². The van der Waals surface area contributed by atoms with Crippen LogP contribution in [0.1, 0.15) is 10.4 Å².